The van der Waals surface area contributed by atoms with Gasteiger partial charge in [0.05, 0.1) is 16.8 Å². The van der Waals surface area contributed by atoms with Crippen molar-refractivity contribution in [1.29, 1.82) is 0 Å². The second-order valence-electron chi connectivity index (χ2n) is 6.03. The Hall–Kier alpha value is -0.450. The van der Waals surface area contributed by atoms with Crippen LogP contribution in [-0.2, 0) is 5.41 Å². The van der Waals surface area contributed by atoms with Crippen molar-refractivity contribution >= 4 is 11.3 Å². The number of nitrogens with zero attached hydrogens (tertiary/aromatic N) is 1. The summed E-state index contributed by atoms with van der Waals surface area (Å²) in [5.74, 6) is 0. The van der Waals surface area contributed by atoms with Crippen molar-refractivity contribution in [1.82, 2.24) is 10.3 Å². The smallest absolute Gasteiger partial charge is 0.0985 e. The molecule has 3 nitrogen and oxygen atoms in total. The molecule has 1 aromatic heterocycles. The Morgan fingerprint density at radius 1 is 1.33 bits per heavy atom. The van der Waals surface area contributed by atoms with Crippen molar-refractivity contribution in [2.75, 3.05) is 6.54 Å². The number of aromatic nitrogens is 1. The van der Waals surface area contributed by atoms with Crippen LogP contribution in [0.4, 0.5) is 0 Å². The summed E-state index contributed by atoms with van der Waals surface area (Å²) >= 11 is 1.80. The third-order valence-corrected chi connectivity index (χ3v) is 4.65. The molecule has 1 heterocycles. The molecule has 1 rings (SSSR count). The van der Waals surface area contributed by atoms with Crippen molar-refractivity contribution in [3.8, 4) is 0 Å². The zero-order valence-electron chi connectivity index (χ0n) is 12.4. The van der Waals surface area contributed by atoms with Crippen LogP contribution in [0.5, 0.6) is 0 Å². The van der Waals surface area contributed by atoms with Gasteiger partial charge in [-0.25, -0.2) is 4.98 Å². The number of aliphatic hydroxyl groups excluding tert-OH is 1. The normalized spacial score (nSPS) is 15.7. The molecular weight excluding hydrogens is 244 g/mol. The molecule has 2 atom stereocenters. The number of rotatable bonds is 5. The van der Waals surface area contributed by atoms with Crippen LogP contribution in [0.15, 0.2) is 0 Å². The fraction of sp³-hybridized carbons (Fsp3) is 0.786. The Kier molecular flexibility index (Phi) is 5.32. The fourth-order valence-corrected chi connectivity index (χ4v) is 2.88. The van der Waals surface area contributed by atoms with Crippen molar-refractivity contribution in [2.24, 2.45) is 0 Å². The van der Waals surface area contributed by atoms with Crippen molar-refractivity contribution in [2.45, 2.75) is 65.5 Å². The van der Waals surface area contributed by atoms with Gasteiger partial charge < -0.3 is 10.4 Å². The summed E-state index contributed by atoms with van der Waals surface area (Å²) in [6, 6.07) is 0.303. The molecule has 0 aliphatic carbocycles. The van der Waals surface area contributed by atoms with E-state index in [2.05, 4.69) is 44.9 Å². The summed E-state index contributed by atoms with van der Waals surface area (Å²) in [5, 5.41) is 13.9. The first-order chi connectivity index (χ1) is 8.21. The highest BCUT2D eigenvalue weighted by Gasteiger charge is 2.22. The summed E-state index contributed by atoms with van der Waals surface area (Å²) in [6.45, 7) is 13.5. The van der Waals surface area contributed by atoms with Crippen LogP contribution in [-0.4, -0.2) is 22.7 Å². The highest BCUT2D eigenvalue weighted by Crippen LogP contribution is 2.32. The minimum absolute atomic E-state index is 0.118. The number of nitrogens with one attached hydrogen (secondary N) is 1. The summed E-state index contributed by atoms with van der Waals surface area (Å²) in [7, 11) is 0. The zero-order valence-corrected chi connectivity index (χ0v) is 13.2. The minimum Gasteiger partial charge on any atom is -0.393 e. The molecule has 1 aromatic rings. The second kappa shape index (κ2) is 6.13. The Morgan fingerprint density at radius 2 is 1.94 bits per heavy atom. The predicted molar refractivity (Wildman–Crippen MR) is 78.3 cm³/mol. The van der Waals surface area contributed by atoms with Gasteiger partial charge in [-0.05, 0) is 33.7 Å². The molecule has 0 amide bonds. The lowest BCUT2D eigenvalue weighted by Gasteiger charge is -2.15. The third kappa shape index (κ3) is 4.34. The summed E-state index contributed by atoms with van der Waals surface area (Å²) < 4.78 is 0. The van der Waals surface area contributed by atoms with E-state index in [0.717, 1.165) is 18.7 Å². The van der Waals surface area contributed by atoms with Gasteiger partial charge in [0.15, 0.2) is 0 Å². The Labute approximate surface area is 115 Å². The van der Waals surface area contributed by atoms with E-state index in [1.807, 2.05) is 6.92 Å². The van der Waals surface area contributed by atoms with E-state index in [0.29, 0.717) is 6.04 Å². The molecule has 0 fully saturated rings. The van der Waals surface area contributed by atoms with E-state index in [-0.39, 0.29) is 11.5 Å². The molecule has 0 aromatic carbocycles. The molecule has 0 bridgehead atoms. The SMILES string of the molecule is Cc1nc(C(C)(C)C)sc1C(C)NCCC(C)O. The van der Waals surface area contributed by atoms with Gasteiger partial charge in [-0.2, -0.15) is 0 Å². The van der Waals surface area contributed by atoms with Gasteiger partial charge in [0, 0.05) is 16.3 Å². The van der Waals surface area contributed by atoms with Gasteiger partial charge in [-0.3, -0.25) is 0 Å². The lowest BCUT2D eigenvalue weighted by molar-refractivity contribution is 0.182. The highest BCUT2D eigenvalue weighted by molar-refractivity contribution is 7.12. The van der Waals surface area contributed by atoms with E-state index in [1.54, 1.807) is 11.3 Å². The molecule has 18 heavy (non-hydrogen) atoms. The maximum Gasteiger partial charge on any atom is 0.0985 e. The number of thiazole rings is 1. The van der Waals surface area contributed by atoms with Crippen LogP contribution in [0.1, 0.15) is 62.7 Å². The van der Waals surface area contributed by atoms with E-state index in [4.69, 9.17) is 0 Å². The third-order valence-electron chi connectivity index (χ3n) is 2.88. The highest BCUT2D eigenvalue weighted by atomic mass is 32.1. The molecule has 0 saturated heterocycles. The molecule has 4 heteroatoms. The summed E-state index contributed by atoms with van der Waals surface area (Å²) in [4.78, 5) is 5.99. The molecule has 2 N–H and O–H groups in total. The molecule has 0 spiro atoms. The molecule has 0 aliphatic rings. The molecule has 0 aliphatic heterocycles. The first-order valence-corrected chi connectivity index (χ1v) is 7.42. The van der Waals surface area contributed by atoms with Gasteiger partial charge in [-0.15, -0.1) is 11.3 Å². The number of aryl methyl sites for hydroxylation is 1. The first kappa shape index (κ1) is 15.6. The molecule has 0 saturated carbocycles. The lowest BCUT2D eigenvalue weighted by atomic mass is 9.98. The van der Waals surface area contributed by atoms with Crippen LogP contribution < -0.4 is 5.32 Å². The van der Waals surface area contributed by atoms with Crippen LogP contribution in [0.25, 0.3) is 0 Å². The van der Waals surface area contributed by atoms with Crippen molar-refractivity contribution < 1.29 is 5.11 Å². The standard InChI is InChI=1S/C14H26N2OS/c1-9(17)7-8-15-10(2)12-11(3)16-13(18-12)14(4,5)6/h9-10,15,17H,7-8H2,1-6H3. The average molecular weight is 270 g/mol. The zero-order chi connectivity index (χ0) is 13.9. The topological polar surface area (TPSA) is 45.2 Å². The van der Waals surface area contributed by atoms with Crippen LogP contribution in [0, 0.1) is 6.92 Å². The maximum atomic E-state index is 9.25. The predicted octanol–water partition coefficient (Wildman–Crippen LogP) is 3.17. The van der Waals surface area contributed by atoms with E-state index in [9.17, 15) is 5.11 Å². The van der Waals surface area contributed by atoms with E-state index in [1.165, 1.54) is 9.88 Å². The quantitative estimate of drug-likeness (QED) is 0.864. The number of hydrogen-bond donors (Lipinski definition) is 2. The summed E-state index contributed by atoms with van der Waals surface area (Å²) in [6.07, 6.45) is 0.548. The van der Waals surface area contributed by atoms with Crippen LogP contribution in [0.3, 0.4) is 0 Å². The average Bonchev–Trinajstić information content (AvgIpc) is 2.59. The number of aliphatic hydroxyl groups is 1. The van der Waals surface area contributed by atoms with Gasteiger partial charge in [-0.1, -0.05) is 20.8 Å². The van der Waals surface area contributed by atoms with Gasteiger partial charge in [0.25, 0.3) is 0 Å². The van der Waals surface area contributed by atoms with Crippen molar-refractivity contribution in [3.05, 3.63) is 15.6 Å². The molecular formula is C14H26N2OS. The monoisotopic (exact) mass is 270 g/mol. The lowest BCUT2D eigenvalue weighted by Crippen LogP contribution is -2.22. The number of hydrogen-bond acceptors (Lipinski definition) is 4. The summed E-state index contributed by atoms with van der Waals surface area (Å²) in [5.41, 5.74) is 1.24. The largest absolute Gasteiger partial charge is 0.393 e. The molecule has 2 unspecified atom stereocenters. The Balaban J connectivity index is 2.68. The van der Waals surface area contributed by atoms with Gasteiger partial charge in [0.2, 0.25) is 0 Å². The maximum absolute atomic E-state index is 9.25. The minimum atomic E-state index is -0.239. The van der Waals surface area contributed by atoms with Gasteiger partial charge in [0.1, 0.15) is 0 Å². The Bertz CT molecular complexity index is 380. The van der Waals surface area contributed by atoms with Crippen LogP contribution in [0.2, 0.25) is 0 Å². The first-order valence-electron chi connectivity index (χ1n) is 6.61. The van der Waals surface area contributed by atoms with E-state index >= 15 is 0 Å². The van der Waals surface area contributed by atoms with Crippen LogP contribution >= 0.6 is 11.3 Å². The second-order valence-corrected chi connectivity index (χ2v) is 7.06. The molecule has 104 valence electrons. The van der Waals surface area contributed by atoms with E-state index < -0.39 is 0 Å². The Morgan fingerprint density at radius 3 is 2.39 bits per heavy atom. The van der Waals surface area contributed by atoms with Crippen molar-refractivity contribution in [3.63, 3.8) is 0 Å². The molecule has 0 radical (unpaired) electrons. The van der Waals surface area contributed by atoms with Gasteiger partial charge >= 0.3 is 0 Å². The fourth-order valence-electron chi connectivity index (χ4n) is 1.73.